The van der Waals surface area contributed by atoms with Gasteiger partial charge < -0.3 is 14.5 Å². The van der Waals surface area contributed by atoms with E-state index in [0.717, 1.165) is 62.8 Å². The van der Waals surface area contributed by atoms with Crippen molar-refractivity contribution in [3.8, 4) is 5.75 Å². The minimum atomic E-state index is 0.0586. The predicted molar refractivity (Wildman–Crippen MR) is 119 cm³/mol. The lowest BCUT2D eigenvalue weighted by atomic mass is 10.0. The van der Waals surface area contributed by atoms with E-state index in [4.69, 9.17) is 4.74 Å². The Morgan fingerprint density at radius 3 is 2.80 bits per heavy atom. The molecule has 0 aliphatic carbocycles. The zero-order chi connectivity index (χ0) is 20.5. The SMILES string of the molecule is COc1ccccc1N1CCN(C2CCCN(C(=O)c3cn4ccsc4n3)C2)CC1. The number of fused-ring (bicyclic) bond motifs is 1. The predicted octanol–water partition coefficient (Wildman–Crippen LogP) is 2.83. The number of rotatable bonds is 4. The van der Waals surface area contributed by atoms with Crippen LogP contribution in [0.2, 0.25) is 0 Å². The van der Waals surface area contributed by atoms with Crippen LogP contribution in [0.25, 0.3) is 4.96 Å². The molecular formula is C22H27N5O2S. The normalized spacial score (nSPS) is 20.6. The molecule has 158 valence electrons. The number of nitrogens with zero attached hydrogens (tertiary/aromatic N) is 5. The summed E-state index contributed by atoms with van der Waals surface area (Å²) in [5.41, 5.74) is 1.73. The molecule has 0 bridgehead atoms. The van der Waals surface area contributed by atoms with Crippen LogP contribution in [0, 0.1) is 0 Å². The van der Waals surface area contributed by atoms with Crippen LogP contribution < -0.4 is 9.64 Å². The van der Waals surface area contributed by atoms with Crippen LogP contribution in [0.4, 0.5) is 5.69 Å². The molecular weight excluding hydrogens is 398 g/mol. The molecule has 1 unspecified atom stereocenters. The third kappa shape index (κ3) is 3.65. The summed E-state index contributed by atoms with van der Waals surface area (Å²) >= 11 is 1.56. The lowest BCUT2D eigenvalue weighted by molar-refractivity contribution is 0.0558. The maximum atomic E-state index is 13.0. The van der Waals surface area contributed by atoms with Crippen LogP contribution in [0.15, 0.2) is 42.0 Å². The molecule has 2 aliphatic rings. The molecule has 2 aliphatic heterocycles. The highest BCUT2D eigenvalue weighted by atomic mass is 32.1. The maximum absolute atomic E-state index is 13.0. The van der Waals surface area contributed by atoms with Crippen LogP contribution in [-0.2, 0) is 0 Å². The average Bonchev–Trinajstić information content (AvgIpc) is 3.41. The lowest BCUT2D eigenvalue weighted by Gasteiger charge is -2.44. The molecule has 0 spiro atoms. The van der Waals surface area contributed by atoms with Gasteiger partial charge in [0.1, 0.15) is 11.4 Å². The van der Waals surface area contributed by atoms with Crippen LogP contribution in [0.3, 0.4) is 0 Å². The van der Waals surface area contributed by atoms with Crippen LogP contribution in [0.1, 0.15) is 23.3 Å². The zero-order valence-electron chi connectivity index (χ0n) is 17.2. The van der Waals surface area contributed by atoms with Gasteiger partial charge in [-0.25, -0.2) is 4.98 Å². The summed E-state index contributed by atoms with van der Waals surface area (Å²) in [6.45, 7) is 5.57. The van der Waals surface area contributed by atoms with Crippen molar-refractivity contribution in [1.29, 1.82) is 0 Å². The maximum Gasteiger partial charge on any atom is 0.274 e. The molecule has 1 amide bonds. The van der Waals surface area contributed by atoms with E-state index in [0.29, 0.717) is 11.7 Å². The first-order valence-electron chi connectivity index (χ1n) is 10.6. The molecule has 3 aromatic rings. The Morgan fingerprint density at radius 2 is 2.00 bits per heavy atom. The van der Waals surface area contributed by atoms with Gasteiger partial charge in [0.05, 0.1) is 12.8 Å². The second kappa shape index (κ2) is 8.28. The summed E-state index contributed by atoms with van der Waals surface area (Å²) in [4.78, 5) is 25.3. The van der Waals surface area contributed by atoms with Gasteiger partial charge >= 0.3 is 0 Å². The quantitative estimate of drug-likeness (QED) is 0.643. The Labute approximate surface area is 180 Å². The minimum Gasteiger partial charge on any atom is -0.495 e. The van der Waals surface area contributed by atoms with E-state index in [1.807, 2.05) is 39.2 Å². The lowest BCUT2D eigenvalue weighted by Crippen LogP contribution is -2.56. The number of para-hydroxylation sites is 2. The molecule has 0 radical (unpaired) electrons. The molecule has 7 nitrogen and oxygen atoms in total. The number of piperidine rings is 1. The molecule has 1 aromatic carbocycles. The fraction of sp³-hybridized carbons (Fsp3) is 0.455. The van der Waals surface area contributed by atoms with Gasteiger partial charge in [-0.3, -0.25) is 14.1 Å². The van der Waals surface area contributed by atoms with E-state index < -0.39 is 0 Å². The topological polar surface area (TPSA) is 53.3 Å². The first-order chi connectivity index (χ1) is 14.7. The van der Waals surface area contributed by atoms with E-state index in [2.05, 4.69) is 26.9 Å². The second-order valence-corrected chi connectivity index (χ2v) is 8.83. The summed E-state index contributed by atoms with van der Waals surface area (Å²) in [5, 5.41) is 1.98. The van der Waals surface area contributed by atoms with Crippen molar-refractivity contribution in [3.63, 3.8) is 0 Å². The molecule has 2 aromatic heterocycles. The van der Waals surface area contributed by atoms with Crippen LogP contribution >= 0.6 is 11.3 Å². The number of ether oxygens (including phenoxy) is 1. The third-order valence-electron chi connectivity index (χ3n) is 6.25. The number of carbonyl (C=O) groups is 1. The van der Waals surface area contributed by atoms with Crippen molar-refractivity contribution < 1.29 is 9.53 Å². The molecule has 8 heteroatoms. The Balaban J connectivity index is 1.21. The molecule has 2 saturated heterocycles. The molecule has 0 N–H and O–H groups in total. The summed E-state index contributed by atoms with van der Waals surface area (Å²) in [6.07, 6.45) is 6.00. The zero-order valence-corrected chi connectivity index (χ0v) is 18.1. The second-order valence-electron chi connectivity index (χ2n) is 7.96. The van der Waals surface area contributed by atoms with E-state index in [1.165, 1.54) is 5.69 Å². The van der Waals surface area contributed by atoms with Gasteiger partial charge in [-0.1, -0.05) is 12.1 Å². The molecule has 30 heavy (non-hydrogen) atoms. The molecule has 1 atom stereocenters. The molecule has 2 fully saturated rings. The van der Waals surface area contributed by atoms with E-state index in [9.17, 15) is 4.79 Å². The van der Waals surface area contributed by atoms with Gasteiger partial charge in [-0.15, -0.1) is 11.3 Å². The van der Waals surface area contributed by atoms with E-state index in [1.54, 1.807) is 18.4 Å². The Bertz CT molecular complexity index is 995. The minimum absolute atomic E-state index is 0.0586. The number of hydrogen-bond acceptors (Lipinski definition) is 6. The average molecular weight is 426 g/mol. The van der Waals surface area contributed by atoms with Crippen molar-refractivity contribution in [3.05, 3.63) is 47.7 Å². The highest BCUT2D eigenvalue weighted by molar-refractivity contribution is 7.15. The number of anilines is 1. The summed E-state index contributed by atoms with van der Waals surface area (Å²) in [7, 11) is 1.73. The van der Waals surface area contributed by atoms with Crippen molar-refractivity contribution >= 4 is 27.9 Å². The third-order valence-corrected chi connectivity index (χ3v) is 7.02. The van der Waals surface area contributed by atoms with Crippen LogP contribution in [0.5, 0.6) is 5.75 Å². The number of imidazole rings is 1. The molecule has 5 rings (SSSR count). The number of thiazole rings is 1. The number of carbonyl (C=O) groups excluding carboxylic acids is 1. The number of aromatic nitrogens is 2. The van der Waals surface area contributed by atoms with Crippen molar-refractivity contribution in [2.75, 3.05) is 51.3 Å². The summed E-state index contributed by atoms with van der Waals surface area (Å²) in [5.74, 6) is 0.989. The number of methoxy groups -OCH3 is 1. The first-order valence-corrected chi connectivity index (χ1v) is 11.4. The van der Waals surface area contributed by atoms with Gasteiger partial charge in [0.25, 0.3) is 5.91 Å². The number of likely N-dealkylation sites (tertiary alicyclic amines) is 1. The first kappa shape index (κ1) is 19.4. The van der Waals surface area contributed by atoms with Crippen molar-refractivity contribution in [1.82, 2.24) is 19.2 Å². The Morgan fingerprint density at radius 1 is 1.17 bits per heavy atom. The van der Waals surface area contributed by atoms with Gasteiger partial charge in [-0.05, 0) is 25.0 Å². The number of amides is 1. The fourth-order valence-electron chi connectivity index (χ4n) is 4.65. The highest BCUT2D eigenvalue weighted by Gasteiger charge is 2.31. The van der Waals surface area contributed by atoms with Crippen LogP contribution in [-0.4, -0.2) is 77.5 Å². The van der Waals surface area contributed by atoms with E-state index >= 15 is 0 Å². The summed E-state index contributed by atoms with van der Waals surface area (Å²) < 4.78 is 7.46. The fourth-order valence-corrected chi connectivity index (χ4v) is 5.35. The monoisotopic (exact) mass is 425 g/mol. The van der Waals surface area contributed by atoms with Crippen molar-refractivity contribution in [2.24, 2.45) is 0 Å². The van der Waals surface area contributed by atoms with Gasteiger partial charge in [0.15, 0.2) is 4.96 Å². The number of piperazine rings is 1. The van der Waals surface area contributed by atoms with Gasteiger partial charge in [0, 0.05) is 63.1 Å². The van der Waals surface area contributed by atoms with Crippen molar-refractivity contribution in [2.45, 2.75) is 18.9 Å². The highest BCUT2D eigenvalue weighted by Crippen LogP contribution is 2.29. The number of hydrogen-bond donors (Lipinski definition) is 0. The number of benzene rings is 1. The standard InChI is InChI=1S/C22H27N5O2S/c1-29-20-7-3-2-6-19(20)25-11-9-24(10-12-25)17-5-4-8-26(15-17)21(28)18-16-27-13-14-30-22(27)23-18/h2-3,6-7,13-14,16-17H,4-5,8-12,15H2,1H3. The Kier molecular flexibility index (Phi) is 5.35. The Hall–Kier alpha value is -2.58. The van der Waals surface area contributed by atoms with Gasteiger partial charge in [-0.2, -0.15) is 0 Å². The molecule has 0 saturated carbocycles. The molecule has 4 heterocycles. The van der Waals surface area contributed by atoms with E-state index in [-0.39, 0.29) is 5.91 Å². The van der Waals surface area contributed by atoms with Gasteiger partial charge in [0.2, 0.25) is 0 Å². The summed E-state index contributed by atoms with van der Waals surface area (Å²) in [6, 6.07) is 8.65. The smallest absolute Gasteiger partial charge is 0.274 e. The largest absolute Gasteiger partial charge is 0.495 e.